The van der Waals surface area contributed by atoms with E-state index in [9.17, 15) is 4.79 Å². The Morgan fingerprint density at radius 2 is 2.04 bits per heavy atom. The van der Waals surface area contributed by atoms with Crippen LogP contribution in [-0.2, 0) is 16.1 Å². The lowest BCUT2D eigenvalue weighted by Crippen LogP contribution is -2.28. The van der Waals surface area contributed by atoms with E-state index in [0.29, 0.717) is 30.7 Å². The number of anilines is 1. The molecule has 1 N–H and O–H groups in total. The van der Waals surface area contributed by atoms with E-state index in [1.54, 1.807) is 19.1 Å². The maximum Gasteiger partial charge on any atom is 0.264 e. The van der Waals surface area contributed by atoms with Gasteiger partial charge in [-0.2, -0.15) is 4.98 Å². The number of nitrogens with one attached hydrogen (secondary N) is 1. The number of amides is 1. The van der Waals surface area contributed by atoms with Gasteiger partial charge in [-0.3, -0.25) is 4.79 Å². The van der Waals surface area contributed by atoms with Crippen molar-refractivity contribution in [3.05, 3.63) is 36.0 Å². The molecule has 7 nitrogen and oxygen atoms in total. The van der Waals surface area contributed by atoms with E-state index in [1.165, 1.54) is 0 Å². The summed E-state index contributed by atoms with van der Waals surface area (Å²) >= 11 is 0. The fourth-order valence-electron chi connectivity index (χ4n) is 2.38. The summed E-state index contributed by atoms with van der Waals surface area (Å²) in [5, 5.41) is 6.62. The van der Waals surface area contributed by atoms with E-state index in [-0.39, 0.29) is 18.4 Å². The largest absolute Gasteiger partial charge is 0.484 e. The number of carbonyl (C=O) groups is 1. The predicted molar refractivity (Wildman–Crippen MR) is 82.0 cm³/mol. The lowest BCUT2D eigenvalue weighted by Gasteiger charge is -2.21. The van der Waals surface area contributed by atoms with Gasteiger partial charge in [-0.25, -0.2) is 0 Å². The molecule has 0 saturated carbocycles. The van der Waals surface area contributed by atoms with E-state index in [4.69, 9.17) is 14.0 Å². The van der Waals surface area contributed by atoms with Crippen molar-refractivity contribution >= 4 is 11.6 Å². The van der Waals surface area contributed by atoms with Gasteiger partial charge in [0.25, 0.3) is 5.89 Å². The second-order valence-corrected chi connectivity index (χ2v) is 5.42. The van der Waals surface area contributed by atoms with Crippen LogP contribution in [-0.4, -0.2) is 29.3 Å². The molecule has 3 rings (SSSR count). The van der Waals surface area contributed by atoms with Crippen LogP contribution in [0.15, 0.2) is 28.8 Å². The molecule has 0 aliphatic carbocycles. The number of hydrogen-bond acceptors (Lipinski definition) is 6. The summed E-state index contributed by atoms with van der Waals surface area (Å²) < 4.78 is 15.8. The monoisotopic (exact) mass is 317 g/mol. The highest BCUT2D eigenvalue weighted by Gasteiger charge is 2.21. The molecular formula is C16H19N3O4. The minimum absolute atomic E-state index is 0.0282. The van der Waals surface area contributed by atoms with Crippen molar-refractivity contribution in [2.24, 2.45) is 5.92 Å². The normalized spacial score (nSPS) is 15.3. The van der Waals surface area contributed by atoms with Crippen LogP contribution in [0.1, 0.15) is 24.6 Å². The molecule has 7 heteroatoms. The average Bonchev–Trinajstić information content (AvgIpc) is 3.00. The number of nitrogens with zero attached hydrogens (tertiary/aromatic N) is 2. The summed E-state index contributed by atoms with van der Waals surface area (Å²) in [4.78, 5) is 16.2. The lowest BCUT2D eigenvalue weighted by atomic mass is 9.99. The third-order valence-electron chi connectivity index (χ3n) is 3.65. The maximum atomic E-state index is 12.1. The second-order valence-electron chi connectivity index (χ2n) is 5.42. The molecule has 23 heavy (non-hydrogen) atoms. The maximum absolute atomic E-state index is 12.1. The van der Waals surface area contributed by atoms with Gasteiger partial charge in [-0.05, 0) is 44.0 Å². The van der Waals surface area contributed by atoms with Crippen LogP contribution in [0, 0.1) is 12.8 Å². The topological polar surface area (TPSA) is 86.5 Å². The van der Waals surface area contributed by atoms with Crippen molar-refractivity contribution in [3.8, 4) is 5.75 Å². The van der Waals surface area contributed by atoms with Crippen molar-refractivity contribution in [1.29, 1.82) is 0 Å². The van der Waals surface area contributed by atoms with Crippen LogP contribution in [0.4, 0.5) is 5.69 Å². The predicted octanol–water partition coefficient (Wildman–Crippen LogP) is 2.32. The molecule has 0 spiro atoms. The van der Waals surface area contributed by atoms with E-state index in [2.05, 4.69) is 15.5 Å². The fourth-order valence-corrected chi connectivity index (χ4v) is 2.38. The second kappa shape index (κ2) is 7.23. The molecule has 1 saturated heterocycles. The van der Waals surface area contributed by atoms with Gasteiger partial charge in [-0.15, -0.1) is 0 Å². The van der Waals surface area contributed by atoms with Crippen molar-refractivity contribution < 1.29 is 18.8 Å². The SMILES string of the molecule is Cc1noc(COc2ccc(NC(=O)C3CCOCC3)cc2)n1. The molecule has 0 unspecified atom stereocenters. The molecule has 0 atom stereocenters. The highest BCUT2D eigenvalue weighted by molar-refractivity contribution is 5.92. The molecule has 1 aliphatic heterocycles. The van der Waals surface area contributed by atoms with E-state index < -0.39 is 0 Å². The Labute approximate surface area is 134 Å². The van der Waals surface area contributed by atoms with E-state index in [1.807, 2.05) is 12.1 Å². The molecule has 1 aromatic carbocycles. The van der Waals surface area contributed by atoms with Gasteiger partial charge in [0.05, 0.1) is 0 Å². The van der Waals surface area contributed by atoms with Crippen LogP contribution in [0.2, 0.25) is 0 Å². The Balaban J connectivity index is 1.51. The van der Waals surface area contributed by atoms with Gasteiger partial charge >= 0.3 is 0 Å². The molecule has 1 aromatic heterocycles. The molecule has 0 radical (unpaired) electrons. The Bertz CT molecular complexity index is 648. The quantitative estimate of drug-likeness (QED) is 0.910. The summed E-state index contributed by atoms with van der Waals surface area (Å²) in [5.74, 6) is 1.75. The smallest absolute Gasteiger partial charge is 0.264 e. The van der Waals surface area contributed by atoms with Gasteiger partial charge in [-0.1, -0.05) is 5.16 Å². The third-order valence-corrected chi connectivity index (χ3v) is 3.65. The van der Waals surface area contributed by atoms with Gasteiger partial charge in [0.1, 0.15) is 5.75 Å². The molecule has 1 amide bonds. The van der Waals surface area contributed by atoms with Crippen molar-refractivity contribution in [2.45, 2.75) is 26.4 Å². The molecule has 1 fully saturated rings. The van der Waals surface area contributed by atoms with Crippen molar-refractivity contribution in [2.75, 3.05) is 18.5 Å². The molecule has 0 bridgehead atoms. The third kappa shape index (κ3) is 4.29. The number of hydrogen-bond donors (Lipinski definition) is 1. The van der Waals surface area contributed by atoms with E-state index in [0.717, 1.165) is 18.5 Å². The molecular weight excluding hydrogens is 298 g/mol. The number of rotatable bonds is 5. The van der Waals surface area contributed by atoms with Gasteiger partial charge in [0, 0.05) is 24.8 Å². The van der Waals surface area contributed by atoms with Crippen LogP contribution in [0.25, 0.3) is 0 Å². The minimum atomic E-state index is 0.0282. The van der Waals surface area contributed by atoms with Gasteiger partial charge < -0.3 is 19.3 Å². The Morgan fingerprint density at radius 1 is 1.30 bits per heavy atom. The van der Waals surface area contributed by atoms with Gasteiger partial charge in [0.2, 0.25) is 5.91 Å². The highest BCUT2D eigenvalue weighted by atomic mass is 16.5. The number of carbonyl (C=O) groups excluding carboxylic acids is 1. The van der Waals surface area contributed by atoms with Crippen LogP contribution in [0.5, 0.6) is 5.75 Å². The van der Waals surface area contributed by atoms with Crippen molar-refractivity contribution in [3.63, 3.8) is 0 Å². The standard InChI is InChI=1S/C16H19N3O4/c1-11-17-15(23-19-11)10-22-14-4-2-13(3-5-14)18-16(20)12-6-8-21-9-7-12/h2-5,12H,6-10H2,1H3,(H,18,20). The van der Waals surface area contributed by atoms with Crippen LogP contribution in [0.3, 0.4) is 0 Å². The zero-order valence-corrected chi connectivity index (χ0v) is 12.9. The summed E-state index contributed by atoms with van der Waals surface area (Å²) in [7, 11) is 0. The number of aryl methyl sites for hydroxylation is 1. The van der Waals surface area contributed by atoms with Gasteiger partial charge in [0.15, 0.2) is 12.4 Å². The van der Waals surface area contributed by atoms with Crippen LogP contribution >= 0.6 is 0 Å². The molecule has 122 valence electrons. The van der Waals surface area contributed by atoms with Crippen molar-refractivity contribution in [1.82, 2.24) is 10.1 Å². The zero-order valence-electron chi connectivity index (χ0n) is 12.9. The lowest BCUT2D eigenvalue weighted by molar-refractivity contribution is -0.122. The zero-order chi connectivity index (χ0) is 16.1. The number of aromatic nitrogens is 2. The first-order chi connectivity index (χ1) is 11.2. The summed E-state index contributed by atoms with van der Waals surface area (Å²) in [5.41, 5.74) is 0.752. The fraction of sp³-hybridized carbons (Fsp3) is 0.438. The minimum Gasteiger partial charge on any atom is -0.484 e. The van der Waals surface area contributed by atoms with E-state index >= 15 is 0 Å². The summed E-state index contributed by atoms with van der Waals surface area (Å²) in [6, 6.07) is 7.21. The first-order valence-corrected chi connectivity index (χ1v) is 7.61. The molecule has 1 aliphatic rings. The average molecular weight is 317 g/mol. The highest BCUT2D eigenvalue weighted by Crippen LogP contribution is 2.20. The summed E-state index contributed by atoms with van der Waals surface area (Å²) in [6.45, 7) is 3.28. The summed E-state index contributed by atoms with van der Waals surface area (Å²) in [6.07, 6.45) is 1.55. The Hall–Kier alpha value is -2.41. The Morgan fingerprint density at radius 3 is 2.70 bits per heavy atom. The Kier molecular flexibility index (Phi) is 4.87. The van der Waals surface area contributed by atoms with Crippen LogP contribution < -0.4 is 10.1 Å². The molecule has 2 heterocycles. The first-order valence-electron chi connectivity index (χ1n) is 7.61. The number of benzene rings is 1. The first kappa shape index (κ1) is 15.5. The number of ether oxygens (including phenoxy) is 2. The molecule has 2 aromatic rings.